The Labute approximate surface area is 166 Å². The minimum atomic E-state index is -4.64. The van der Waals surface area contributed by atoms with E-state index in [4.69, 9.17) is 16.9 Å². The van der Waals surface area contributed by atoms with E-state index in [-0.39, 0.29) is 23.0 Å². The quantitative estimate of drug-likeness (QED) is 0.448. The summed E-state index contributed by atoms with van der Waals surface area (Å²) in [5.41, 5.74) is 9.35. The van der Waals surface area contributed by atoms with Crippen molar-refractivity contribution < 1.29 is 22.8 Å². The highest BCUT2D eigenvalue weighted by Crippen LogP contribution is 2.40. The molecule has 2 aliphatic rings. The summed E-state index contributed by atoms with van der Waals surface area (Å²) in [6.07, 6.45) is -1.64. The van der Waals surface area contributed by atoms with Gasteiger partial charge in [0.1, 0.15) is 0 Å². The number of likely N-dealkylation sites (tertiary alicyclic amines) is 1. The molecule has 3 rings (SSSR count). The lowest BCUT2D eigenvalue weighted by molar-refractivity contribution is -0.142. The molecule has 0 radical (unpaired) electrons. The number of alkyl halides is 3. The molecule has 0 unspecified atom stereocenters. The van der Waals surface area contributed by atoms with E-state index in [2.05, 4.69) is 0 Å². The molecule has 2 amide bonds. The lowest BCUT2D eigenvalue weighted by atomic mass is 9.76. The summed E-state index contributed by atoms with van der Waals surface area (Å²) in [4.78, 5) is 26.1. The Kier molecular flexibility index (Phi) is 5.57. The lowest BCUT2D eigenvalue weighted by Crippen LogP contribution is -2.60. The first-order valence-electron chi connectivity index (χ1n) is 9.46. The Morgan fingerprint density at radius 2 is 1.83 bits per heavy atom. The van der Waals surface area contributed by atoms with Gasteiger partial charge in [-0.15, -0.1) is 0 Å². The van der Waals surface area contributed by atoms with E-state index in [1.807, 2.05) is 5.32 Å². The molecule has 158 valence electrons. The van der Waals surface area contributed by atoms with Gasteiger partial charge in [0.15, 0.2) is 5.96 Å². The van der Waals surface area contributed by atoms with Crippen LogP contribution in [-0.2, 0) is 11.0 Å². The highest BCUT2D eigenvalue weighted by molar-refractivity contribution is 6.04. The van der Waals surface area contributed by atoms with Crippen LogP contribution in [-0.4, -0.2) is 41.3 Å². The van der Waals surface area contributed by atoms with E-state index >= 15 is 0 Å². The van der Waals surface area contributed by atoms with Gasteiger partial charge in [-0.1, -0.05) is 6.07 Å². The molecule has 1 aromatic rings. The van der Waals surface area contributed by atoms with E-state index in [0.29, 0.717) is 38.8 Å². The Morgan fingerprint density at radius 1 is 1.21 bits per heavy atom. The van der Waals surface area contributed by atoms with Crippen molar-refractivity contribution in [3.05, 3.63) is 34.9 Å². The predicted octanol–water partition coefficient (Wildman–Crippen LogP) is 1.92. The third-order valence-electron chi connectivity index (χ3n) is 5.76. The number of hydrogen-bond donors (Lipinski definition) is 4. The molecule has 1 heterocycles. The molecular formula is C19H24F3N5O2. The summed E-state index contributed by atoms with van der Waals surface area (Å²) in [5, 5.41) is 9.03. The number of nitrogens with one attached hydrogen (secondary N) is 2. The van der Waals surface area contributed by atoms with Gasteiger partial charge < -0.3 is 16.4 Å². The largest absolute Gasteiger partial charge is 0.416 e. The predicted molar refractivity (Wildman–Crippen MR) is 100 cm³/mol. The van der Waals surface area contributed by atoms with Crippen molar-refractivity contribution in [1.29, 1.82) is 5.41 Å². The molecule has 10 heteroatoms. The molecule has 1 saturated carbocycles. The van der Waals surface area contributed by atoms with Gasteiger partial charge in [-0.2, -0.15) is 13.2 Å². The maximum atomic E-state index is 13.6. The topological polar surface area (TPSA) is 125 Å². The molecule has 0 atom stereocenters. The Balaban J connectivity index is 1.77. The lowest BCUT2D eigenvalue weighted by Gasteiger charge is -2.43. The molecule has 2 fully saturated rings. The van der Waals surface area contributed by atoms with Crippen molar-refractivity contribution in [3.8, 4) is 0 Å². The van der Waals surface area contributed by atoms with Crippen molar-refractivity contribution in [2.45, 2.75) is 49.7 Å². The third kappa shape index (κ3) is 4.36. The number of carbonyl (C=O) groups excluding carboxylic acids is 2. The van der Waals surface area contributed by atoms with E-state index in [1.165, 1.54) is 12.1 Å². The highest BCUT2D eigenvalue weighted by Gasteiger charge is 2.44. The van der Waals surface area contributed by atoms with Crippen LogP contribution in [0.4, 0.5) is 13.2 Å². The van der Waals surface area contributed by atoms with Crippen molar-refractivity contribution in [3.63, 3.8) is 0 Å². The van der Waals surface area contributed by atoms with Crippen LogP contribution in [0.15, 0.2) is 18.2 Å². The highest BCUT2D eigenvalue weighted by atomic mass is 19.4. The van der Waals surface area contributed by atoms with E-state index in [1.54, 1.807) is 4.90 Å². The minimum absolute atomic E-state index is 0.107. The maximum absolute atomic E-state index is 13.6. The summed E-state index contributed by atoms with van der Waals surface area (Å²) in [5.74, 6) is -2.01. The van der Waals surface area contributed by atoms with E-state index in [0.717, 1.165) is 12.5 Å². The molecule has 1 aliphatic carbocycles. The minimum Gasteiger partial charge on any atom is -0.370 e. The van der Waals surface area contributed by atoms with Crippen LogP contribution in [0.1, 0.15) is 59.5 Å². The Bertz CT molecular complexity index is 828. The van der Waals surface area contributed by atoms with Crippen LogP contribution in [0.5, 0.6) is 0 Å². The van der Waals surface area contributed by atoms with Crippen LogP contribution in [0.25, 0.3) is 0 Å². The second-order valence-electron chi connectivity index (χ2n) is 7.74. The van der Waals surface area contributed by atoms with Crippen LogP contribution in [0.2, 0.25) is 0 Å². The fourth-order valence-corrected chi connectivity index (χ4v) is 3.97. The number of amides is 2. The summed E-state index contributed by atoms with van der Waals surface area (Å²) < 4.78 is 40.9. The molecule has 6 N–H and O–H groups in total. The van der Waals surface area contributed by atoms with Gasteiger partial charge in [0, 0.05) is 18.7 Å². The first-order chi connectivity index (χ1) is 13.5. The summed E-state index contributed by atoms with van der Waals surface area (Å²) in [7, 11) is 0. The van der Waals surface area contributed by atoms with Crippen molar-refractivity contribution in [2.75, 3.05) is 13.1 Å². The number of piperidine rings is 1. The van der Waals surface area contributed by atoms with Gasteiger partial charge in [0.2, 0.25) is 5.91 Å². The Hall–Kier alpha value is -2.62. The van der Waals surface area contributed by atoms with E-state index < -0.39 is 29.1 Å². The number of halogens is 3. The SMILES string of the molecule is N=C(N)NC(=O)c1ccc(C2CCN(C(=O)C3(N)CCC3)CC2)c(C(F)(F)F)c1. The maximum Gasteiger partial charge on any atom is 0.416 e. The number of rotatable bonds is 3. The van der Waals surface area contributed by atoms with Gasteiger partial charge in [0.05, 0.1) is 11.1 Å². The van der Waals surface area contributed by atoms with Crippen molar-refractivity contribution >= 4 is 17.8 Å². The summed E-state index contributed by atoms with van der Waals surface area (Å²) >= 11 is 0. The summed E-state index contributed by atoms with van der Waals surface area (Å²) in [6, 6.07) is 3.38. The van der Waals surface area contributed by atoms with Gasteiger partial charge in [-0.05, 0) is 55.7 Å². The number of nitrogens with zero attached hydrogens (tertiary/aromatic N) is 1. The van der Waals surface area contributed by atoms with Crippen LogP contribution < -0.4 is 16.8 Å². The number of guanidine groups is 1. The fraction of sp³-hybridized carbons (Fsp3) is 0.526. The van der Waals surface area contributed by atoms with Gasteiger partial charge in [-0.3, -0.25) is 20.3 Å². The molecule has 1 saturated heterocycles. The zero-order chi connectivity index (χ0) is 21.4. The normalized spacial score (nSPS) is 19.4. The first kappa shape index (κ1) is 21.1. The van der Waals surface area contributed by atoms with Crippen LogP contribution in [0.3, 0.4) is 0 Å². The second-order valence-corrected chi connectivity index (χ2v) is 7.74. The average Bonchev–Trinajstić information content (AvgIpc) is 2.64. The van der Waals surface area contributed by atoms with Crippen molar-refractivity contribution in [2.24, 2.45) is 11.5 Å². The standard InChI is InChI=1S/C19H24F3N5O2/c20-19(21,22)14-10-12(15(28)26-17(23)24)2-3-13(14)11-4-8-27(9-5-11)16(29)18(25)6-1-7-18/h2-3,10-11H,1,4-9,25H2,(H4,23,24,26,28). The van der Waals surface area contributed by atoms with Gasteiger partial charge >= 0.3 is 6.18 Å². The molecule has 0 spiro atoms. The molecule has 1 aliphatic heterocycles. The number of benzene rings is 1. The molecular weight excluding hydrogens is 387 g/mol. The third-order valence-corrected chi connectivity index (χ3v) is 5.76. The monoisotopic (exact) mass is 411 g/mol. The zero-order valence-corrected chi connectivity index (χ0v) is 15.8. The molecule has 1 aromatic carbocycles. The summed E-state index contributed by atoms with van der Waals surface area (Å²) in [6.45, 7) is 0.707. The number of nitrogens with two attached hydrogens (primary N) is 2. The van der Waals surface area contributed by atoms with Crippen molar-refractivity contribution in [1.82, 2.24) is 10.2 Å². The fourth-order valence-electron chi connectivity index (χ4n) is 3.97. The zero-order valence-electron chi connectivity index (χ0n) is 15.8. The van der Waals surface area contributed by atoms with Gasteiger partial charge in [0.25, 0.3) is 5.91 Å². The molecule has 0 aromatic heterocycles. The molecule has 7 nitrogen and oxygen atoms in total. The van der Waals surface area contributed by atoms with Gasteiger partial charge in [-0.25, -0.2) is 0 Å². The van der Waals surface area contributed by atoms with E-state index in [9.17, 15) is 22.8 Å². The number of hydrogen-bond acceptors (Lipinski definition) is 4. The average molecular weight is 411 g/mol. The van der Waals surface area contributed by atoms with Crippen LogP contribution >= 0.6 is 0 Å². The molecule has 0 bridgehead atoms. The van der Waals surface area contributed by atoms with Crippen LogP contribution in [0, 0.1) is 5.41 Å². The second kappa shape index (κ2) is 7.66. The number of carbonyl (C=O) groups is 2. The Morgan fingerprint density at radius 3 is 2.31 bits per heavy atom. The molecule has 29 heavy (non-hydrogen) atoms. The smallest absolute Gasteiger partial charge is 0.370 e. The first-order valence-corrected chi connectivity index (χ1v) is 9.46.